The molecule has 9 heteroatoms. The minimum absolute atomic E-state index is 0.0319. The van der Waals surface area contributed by atoms with Gasteiger partial charge in [-0.05, 0) is 12.5 Å². The summed E-state index contributed by atoms with van der Waals surface area (Å²) in [5.74, 6) is -1.89. The molecule has 9 nitrogen and oxygen atoms in total. The second kappa shape index (κ2) is 9.36. The number of carboxylic acids is 1. The van der Waals surface area contributed by atoms with Crippen LogP contribution in [0.4, 0.5) is 5.69 Å². The van der Waals surface area contributed by atoms with Gasteiger partial charge < -0.3 is 19.9 Å². The summed E-state index contributed by atoms with van der Waals surface area (Å²) < 4.78 is 10.4. The molecule has 0 fully saturated rings. The van der Waals surface area contributed by atoms with Crippen LogP contribution in [0.3, 0.4) is 0 Å². The maximum atomic E-state index is 12.7. The summed E-state index contributed by atoms with van der Waals surface area (Å²) in [6.45, 7) is 1.96. The number of amides is 1. The maximum Gasteiger partial charge on any atom is 0.326 e. The Balaban J connectivity index is 2.35. The largest absolute Gasteiger partial charge is 0.493 e. The van der Waals surface area contributed by atoms with Crippen LogP contribution in [0.1, 0.15) is 22.8 Å². The molecular formula is C19H20N2O7. The number of ether oxygens (including phenoxy) is 2. The van der Waals surface area contributed by atoms with Crippen molar-refractivity contribution in [2.75, 3.05) is 13.7 Å². The van der Waals surface area contributed by atoms with E-state index < -0.39 is 28.5 Å². The van der Waals surface area contributed by atoms with Gasteiger partial charge in [0.25, 0.3) is 11.6 Å². The van der Waals surface area contributed by atoms with Crippen LogP contribution in [-0.4, -0.2) is 41.7 Å². The van der Waals surface area contributed by atoms with Gasteiger partial charge in [-0.25, -0.2) is 4.79 Å². The van der Waals surface area contributed by atoms with Crippen LogP contribution in [0.25, 0.3) is 0 Å². The molecule has 28 heavy (non-hydrogen) atoms. The van der Waals surface area contributed by atoms with Crippen molar-refractivity contribution in [3.8, 4) is 11.5 Å². The molecule has 1 unspecified atom stereocenters. The number of hydrogen-bond acceptors (Lipinski definition) is 6. The quantitative estimate of drug-likeness (QED) is 0.499. The summed E-state index contributed by atoms with van der Waals surface area (Å²) in [6, 6.07) is 9.73. The lowest BCUT2D eigenvalue weighted by Crippen LogP contribution is -2.42. The minimum atomic E-state index is -1.26. The van der Waals surface area contributed by atoms with Crippen LogP contribution in [0.2, 0.25) is 0 Å². The van der Waals surface area contributed by atoms with Crippen molar-refractivity contribution in [3.05, 3.63) is 63.7 Å². The fourth-order valence-corrected chi connectivity index (χ4v) is 2.60. The molecule has 1 amide bonds. The number of methoxy groups -OCH3 is 1. The summed E-state index contributed by atoms with van der Waals surface area (Å²) in [7, 11) is 1.32. The Morgan fingerprint density at radius 2 is 1.89 bits per heavy atom. The van der Waals surface area contributed by atoms with Gasteiger partial charge in [-0.3, -0.25) is 14.9 Å². The third kappa shape index (κ3) is 4.97. The lowest BCUT2D eigenvalue weighted by Gasteiger charge is -2.16. The third-order valence-electron chi connectivity index (χ3n) is 3.91. The van der Waals surface area contributed by atoms with E-state index in [1.165, 1.54) is 13.2 Å². The van der Waals surface area contributed by atoms with Gasteiger partial charge >= 0.3 is 5.97 Å². The maximum absolute atomic E-state index is 12.7. The van der Waals surface area contributed by atoms with Gasteiger partial charge in [-0.1, -0.05) is 30.3 Å². The lowest BCUT2D eigenvalue weighted by molar-refractivity contribution is -0.385. The number of nitrogens with zero attached hydrogens (tertiary/aromatic N) is 1. The average Bonchev–Trinajstić information content (AvgIpc) is 2.67. The third-order valence-corrected chi connectivity index (χ3v) is 3.91. The second-order valence-corrected chi connectivity index (χ2v) is 5.76. The van der Waals surface area contributed by atoms with Crippen LogP contribution in [-0.2, 0) is 11.2 Å². The number of rotatable bonds is 9. The highest BCUT2D eigenvalue weighted by Crippen LogP contribution is 2.34. The number of nitro benzene ring substituents is 1. The van der Waals surface area contributed by atoms with E-state index in [1.807, 2.05) is 0 Å². The zero-order valence-corrected chi connectivity index (χ0v) is 15.4. The van der Waals surface area contributed by atoms with E-state index in [0.29, 0.717) is 5.56 Å². The molecule has 148 valence electrons. The summed E-state index contributed by atoms with van der Waals surface area (Å²) in [4.78, 5) is 34.9. The number of nitrogens with one attached hydrogen (secondary N) is 1. The highest BCUT2D eigenvalue weighted by Gasteiger charge is 2.28. The number of carboxylic acid groups (broad SMARTS) is 1. The Hall–Kier alpha value is -3.62. The van der Waals surface area contributed by atoms with E-state index in [4.69, 9.17) is 9.47 Å². The van der Waals surface area contributed by atoms with Gasteiger partial charge in [0.2, 0.25) is 0 Å². The monoisotopic (exact) mass is 388 g/mol. The zero-order chi connectivity index (χ0) is 20.7. The molecule has 0 aromatic heterocycles. The topological polar surface area (TPSA) is 128 Å². The van der Waals surface area contributed by atoms with Crippen molar-refractivity contribution < 1.29 is 29.1 Å². The van der Waals surface area contributed by atoms with Crippen molar-refractivity contribution in [1.29, 1.82) is 0 Å². The molecule has 0 aliphatic rings. The predicted octanol–water partition coefficient (Wildman–Crippen LogP) is 2.43. The number of benzene rings is 2. The van der Waals surface area contributed by atoms with Gasteiger partial charge in [-0.15, -0.1) is 0 Å². The molecule has 0 aliphatic carbocycles. The van der Waals surface area contributed by atoms with Gasteiger partial charge in [-0.2, -0.15) is 0 Å². The number of carbonyl (C=O) groups is 2. The van der Waals surface area contributed by atoms with Crippen molar-refractivity contribution in [2.24, 2.45) is 0 Å². The fraction of sp³-hybridized carbons (Fsp3) is 0.263. The molecule has 0 saturated carbocycles. The Labute approximate surface area is 161 Å². The highest BCUT2D eigenvalue weighted by atomic mass is 16.6. The molecule has 0 radical (unpaired) electrons. The van der Waals surface area contributed by atoms with E-state index in [2.05, 4.69) is 5.32 Å². The number of carbonyl (C=O) groups excluding carboxylic acids is 1. The van der Waals surface area contributed by atoms with E-state index in [-0.39, 0.29) is 30.1 Å². The molecule has 2 aromatic carbocycles. The Kier molecular flexibility index (Phi) is 6.91. The fourth-order valence-electron chi connectivity index (χ4n) is 2.60. The molecule has 1 atom stereocenters. The van der Waals surface area contributed by atoms with Crippen molar-refractivity contribution in [1.82, 2.24) is 5.32 Å². The van der Waals surface area contributed by atoms with Crippen LogP contribution >= 0.6 is 0 Å². The predicted molar refractivity (Wildman–Crippen MR) is 99.9 cm³/mol. The summed E-state index contributed by atoms with van der Waals surface area (Å²) >= 11 is 0. The van der Waals surface area contributed by atoms with Gasteiger partial charge in [0.05, 0.1) is 24.7 Å². The Morgan fingerprint density at radius 3 is 2.43 bits per heavy atom. The smallest absolute Gasteiger partial charge is 0.326 e. The van der Waals surface area contributed by atoms with E-state index in [1.54, 1.807) is 37.3 Å². The summed E-state index contributed by atoms with van der Waals surface area (Å²) in [5.41, 5.74) is -0.121. The highest BCUT2D eigenvalue weighted by molar-refractivity contribution is 6.00. The van der Waals surface area contributed by atoms with Crippen molar-refractivity contribution in [2.45, 2.75) is 19.4 Å². The first-order chi connectivity index (χ1) is 13.4. The van der Waals surface area contributed by atoms with Crippen LogP contribution in [0.5, 0.6) is 11.5 Å². The first-order valence-corrected chi connectivity index (χ1v) is 8.44. The van der Waals surface area contributed by atoms with Crippen LogP contribution in [0.15, 0.2) is 42.5 Å². The molecule has 2 aromatic rings. The van der Waals surface area contributed by atoms with E-state index >= 15 is 0 Å². The summed E-state index contributed by atoms with van der Waals surface area (Å²) in [6.07, 6.45) is 0.0319. The number of nitro groups is 1. The molecule has 2 rings (SSSR count). The van der Waals surface area contributed by atoms with Crippen LogP contribution in [0, 0.1) is 10.1 Å². The zero-order valence-electron chi connectivity index (χ0n) is 15.4. The lowest BCUT2D eigenvalue weighted by atomic mass is 10.0. The van der Waals surface area contributed by atoms with E-state index in [0.717, 1.165) is 6.07 Å². The second-order valence-electron chi connectivity index (χ2n) is 5.76. The molecule has 0 saturated heterocycles. The number of aliphatic carboxylic acids is 1. The Morgan fingerprint density at radius 1 is 1.21 bits per heavy atom. The van der Waals surface area contributed by atoms with Crippen molar-refractivity contribution >= 4 is 17.6 Å². The van der Waals surface area contributed by atoms with E-state index in [9.17, 15) is 24.8 Å². The standard InChI is InChI=1S/C19H20N2O7/c1-3-28-17-10-13(15(21(25)26)11-16(17)27-2)18(22)20-14(19(23)24)9-12-7-5-4-6-8-12/h4-8,10-11,14H,3,9H2,1-2H3,(H,20,22)(H,23,24). The molecule has 0 heterocycles. The molecule has 0 aliphatic heterocycles. The van der Waals surface area contributed by atoms with Crippen LogP contribution < -0.4 is 14.8 Å². The molecule has 0 bridgehead atoms. The number of hydrogen-bond donors (Lipinski definition) is 2. The normalized spacial score (nSPS) is 11.4. The molecule has 0 spiro atoms. The first-order valence-electron chi connectivity index (χ1n) is 8.44. The van der Waals surface area contributed by atoms with Gasteiger partial charge in [0.1, 0.15) is 11.6 Å². The van der Waals surface area contributed by atoms with Gasteiger partial charge in [0, 0.05) is 12.5 Å². The Bertz CT molecular complexity index is 868. The first kappa shape index (κ1) is 20.7. The van der Waals surface area contributed by atoms with Crippen molar-refractivity contribution in [3.63, 3.8) is 0 Å². The minimum Gasteiger partial charge on any atom is -0.493 e. The molecule has 2 N–H and O–H groups in total. The summed E-state index contributed by atoms with van der Waals surface area (Å²) in [5, 5.41) is 23.2. The SMILES string of the molecule is CCOc1cc(C(=O)NC(Cc2ccccc2)C(=O)O)c([N+](=O)[O-])cc1OC. The van der Waals surface area contributed by atoms with Gasteiger partial charge in [0.15, 0.2) is 11.5 Å². The molecular weight excluding hydrogens is 368 g/mol. The average molecular weight is 388 g/mol.